The molecule has 2 aliphatic heterocycles. The van der Waals surface area contributed by atoms with Crippen LogP contribution >= 0.6 is 0 Å². The maximum atomic E-state index is 11.1. The Bertz CT molecular complexity index is 897. The van der Waals surface area contributed by atoms with Gasteiger partial charge in [0.15, 0.2) is 23.1 Å². The minimum Gasteiger partial charge on any atom is -0.453 e. The molecule has 0 amide bonds. The summed E-state index contributed by atoms with van der Waals surface area (Å²) in [5.74, 6) is 0.529. The molecular weight excluding hydrogens is 342 g/mol. The lowest BCUT2D eigenvalue weighted by molar-refractivity contribution is -0.277. The second-order valence-electron chi connectivity index (χ2n) is 6.01. The first-order chi connectivity index (χ1) is 12.4. The highest BCUT2D eigenvalue weighted by Gasteiger charge is 2.40. The van der Waals surface area contributed by atoms with Gasteiger partial charge in [0.2, 0.25) is 0 Å². The zero-order valence-corrected chi connectivity index (χ0v) is 13.9. The van der Waals surface area contributed by atoms with Crippen molar-refractivity contribution in [2.24, 2.45) is 0 Å². The predicted molar refractivity (Wildman–Crippen MR) is 91.5 cm³/mol. The highest BCUT2D eigenvalue weighted by molar-refractivity contribution is 5.75. The second-order valence-corrected chi connectivity index (χ2v) is 6.01. The average Bonchev–Trinajstić information content (AvgIpc) is 2.63. The quantitative estimate of drug-likeness (QED) is 0.414. The minimum absolute atomic E-state index is 0.0664. The van der Waals surface area contributed by atoms with E-state index in [1.807, 2.05) is 24.3 Å². The van der Waals surface area contributed by atoms with E-state index in [4.69, 9.17) is 24.8 Å². The first-order valence-electron chi connectivity index (χ1n) is 8.04. The smallest absolute Gasteiger partial charge is 0.183 e. The fraction of sp³-hybridized carbons (Fsp3) is 0.333. The molecule has 8 nitrogen and oxygen atoms in total. The third kappa shape index (κ3) is 3.74. The van der Waals surface area contributed by atoms with E-state index in [2.05, 4.69) is 9.72 Å². The van der Waals surface area contributed by atoms with Crippen molar-refractivity contribution in [1.82, 2.24) is 4.98 Å². The van der Waals surface area contributed by atoms with Crippen LogP contribution in [0, 0.1) is 0 Å². The molecule has 1 aliphatic carbocycles. The van der Waals surface area contributed by atoms with E-state index < -0.39 is 30.7 Å². The Hall–Kier alpha value is -2.36. The van der Waals surface area contributed by atoms with Gasteiger partial charge in [-0.1, -0.05) is 12.1 Å². The molecule has 4 rings (SSSR count). The van der Waals surface area contributed by atoms with Gasteiger partial charge >= 0.3 is 0 Å². The molecule has 0 spiro atoms. The van der Waals surface area contributed by atoms with Crippen molar-refractivity contribution in [3.05, 3.63) is 52.7 Å². The van der Waals surface area contributed by atoms with Gasteiger partial charge in [0, 0.05) is 6.07 Å². The first kappa shape index (κ1) is 18.4. The van der Waals surface area contributed by atoms with Crippen LogP contribution in [0.25, 0.3) is 22.6 Å². The number of para-hydroxylation sites is 2. The summed E-state index contributed by atoms with van der Waals surface area (Å²) in [6.45, 7) is 1.50. The van der Waals surface area contributed by atoms with Gasteiger partial charge in [0.25, 0.3) is 0 Å². The first-order valence-corrected chi connectivity index (χ1v) is 8.04. The zero-order chi connectivity index (χ0) is 18.8. The van der Waals surface area contributed by atoms with E-state index in [0.29, 0.717) is 17.0 Å². The molecule has 1 aromatic rings. The summed E-state index contributed by atoms with van der Waals surface area (Å²) in [6.07, 6.45) is -5.99. The van der Waals surface area contributed by atoms with Crippen LogP contribution in [0.2, 0.25) is 0 Å². The van der Waals surface area contributed by atoms with Crippen molar-refractivity contribution in [3.63, 3.8) is 0 Å². The summed E-state index contributed by atoms with van der Waals surface area (Å²) in [6, 6.07) is 12.1. The van der Waals surface area contributed by atoms with Crippen molar-refractivity contribution in [2.45, 2.75) is 37.6 Å². The average molecular weight is 361 g/mol. The highest BCUT2D eigenvalue weighted by atomic mass is 16.6. The standard InChI is InChI=1S/C12H7NO2.C6H12O5/c14-8-5-6-10-12(7-8)15-11-4-2-1-3-9(11)13-10;1-2-3(7)4(8)5(9)6(10)11-2/h1-7H;2-10H,1H3/t;2-,3-,4+,5-,6-/m.1/s1. The molecule has 8 heteroatoms. The Morgan fingerprint density at radius 1 is 0.962 bits per heavy atom. The van der Waals surface area contributed by atoms with Gasteiger partial charge in [-0.3, -0.25) is 4.79 Å². The lowest BCUT2D eigenvalue weighted by Gasteiger charge is -2.36. The zero-order valence-electron chi connectivity index (χ0n) is 13.9. The summed E-state index contributed by atoms with van der Waals surface area (Å²) < 4.78 is 10.2. The molecule has 1 aromatic carbocycles. The Morgan fingerprint density at radius 3 is 2.46 bits per heavy atom. The Morgan fingerprint density at radius 2 is 1.69 bits per heavy atom. The van der Waals surface area contributed by atoms with Gasteiger partial charge in [-0.25, -0.2) is 4.98 Å². The van der Waals surface area contributed by atoms with Crippen LogP contribution < -0.4 is 5.43 Å². The molecule has 0 saturated carbocycles. The normalized spacial score (nSPS) is 28.6. The molecule has 0 unspecified atom stereocenters. The minimum atomic E-state index is -1.43. The Kier molecular flexibility index (Phi) is 5.30. The third-order valence-electron chi connectivity index (χ3n) is 4.08. The lowest BCUT2D eigenvalue weighted by Crippen LogP contribution is -2.56. The summed E-state index contributed by atoms with van der Waals surface area (Å²) >= 11 is 0. The van der Waals surface area contributed by atoms with E-state index >= 15 is 0 Å². The second kappa shape index (κ2) is 7.48. The number of ether oxygens (including phenoxy) is 1. The molecule has 0 aromatic heterocycles. The van der Waals surface area contributed by atoms with Crippen LogP contribution in [-0.4, -0.2) is 56.1 Å². The van der Waals surface area contributed by atoms with E-state index in [1.165, 1.54) is 19.1 Å². The van der Waals surface area contributed by atoms with Gasteiger partial charge in [-0.05, 0) is 31.2 Å². The van der Waals surface area contributed by atoms with Crippen molar-refractivity contribution in [3.8, 4) is 11.5 Å². The van der Waals surface area contributed by atoms with Gasteiger partial charge in [0.05, 0.1) is 6.10 Å². The fourth-order valence-electron chi connectivity index (χ4n) is 2.58. The maximum absolute atomic E-state index is 11.1. The van der Waals surface area contributed by atoms with Gasteiger partial charge in [0.1, 0.15) is 29.5 Å². The molecule has 0 bridgehead atoms. The summed E-state index contributed by atoms with van der Waals surface area (Å²) in [5.41, 5.74) is 2.12. The summed E-state index contributed by atoms with van der Waals surface area (Å²) in [5, 5.41) is 36.0. The van der Waals surface area contributed by atoms with E-state index in [9.17, 15) is 4.79 Å². The van der Waals surface area contributed by atoms with Gasteiger partial charge < -0.3 is 29.6 Å². The molecular formula is C18H19NO7. The number of aliphatic hydroxyl groups excluding tert-OH is 4. The van der Waals surface area contributed by atoms with Crippen LogP contribution in [0.5, 0.6) is 0 Å². The lowest BCUT2D eigenvalue weighted by atomic mass is 10.0. The topological polar surface area (TPSA) is 133 Å². The molecule has 5 atom stereocenters. The summed E-state index contributed by atoms with van der Waals surface area (Å²) in [7, 11) is 0. The molecule has 1 fully saturated rings. The number of rotatable bonds is 0. The molecule has 138 valence electrons. The van der Waals surface area contributed by atoms with Crippen LogP contribution in [0.15, 0.2) is 51.7 Å². The number of hydrogen-bond acceptors (Lipinski definition) is 8. The van der Waals surface area contributed by atoms with E-state index in [-0.39, 0.29) is 5.43 Å². The van der Waals surface area contributed by atoms with Crippen molar-refractivity contribution < 1.29 is 29.6 Å². The number of fused-ring (bicyclic) bond motifs is 2. The number of aliphatic hydroxyl groups is 4. The Labute approximate surface area is 148 Å². The molecule has 3 aliphatic rings. The third-order valence-corrected chi connectivity index (χ3v) is 4.08. The monoisotopic (exact) mass is 361 g/mol. The van der Waals surface area contributed by atoms with Gasteiger partial charge in [-0.2, -0.15) is 0 Å². The largest absolute Gasteiger partial charge is 0.453 e. The van der Waals surface area contributed by atoms with Crippen LogP contribution in [0.3, 0.4) is 0 Å². The molecule has 1 saturated heterocycles. The van der Waals surface area contributed by atoms with Crippen molar-refractivity contribution in [1.29, 1.82) is 0 Å². The van der Waals surface area contributed by atoms with Crippen LogP contribution in [0.4, 0.5) is 0 Å². The van der Waals surface area contributed by atoms with Crippen LogP contribution in [0.1, 0.15) is 6.92 Å². The molecule has 4 N–H and O–H groups in total. The number of hydrogen-bond donors (Lipinski definition) is 4. The number of benzene rings is 2. The molecule has 26 heavy (non-hydrogen) atoms. The summed E-state index contributed by atoms with van der Waals surface area (Å²) in [4.78, 5) is 15.5. The molecule has 0 radical (unpaired) electrons. The SMILES string of the molecule is C[C@H]1O[C@@H](O)[C@H](O)[C@@H](O)[C@@H]1O.O=c1ccc2nc3ccccc3oc-2c1. The maximum Gasteiger partial charge on any atom is 0.183 e. The van der Waals surface area contributed by atoms with Crippen molar-refractivity contribution in [2.75, 3.05) is 0 Å². The predicted octanol–water partition coefficient (Wildman–Crippen LogP) is 0.0990. The fourth-order valence-corrected chi connectivity index (χ4v) is 2.58. The van der Waals surface area contributed by atoms with Crippen molar-refractivity contribution >= 4 is 11.1 Å². The highest BCUT2D eigenvalue weighted by Crippen LogP contribution is 2.22. The Balaban J connectivity index is 0.000000160. The van der Waals surface area contributed by atoms with E-state index in [0.717, 1.165) is 5.52 Å². The molecule has 2 heterocycles. The van der Waals surface area contributed by atoms with E-state index in [1.54, 1.807) is 6.07 Å². The number of nitrogens with zero attached hydrogens (tertiary/aromatic N) is 1. The van der Waals surface area contributed by atoms with Gasteiger partial charge in [-0.15, -0.1) is 0 Å². The number of aromatic nitrogens is 1. The van der Waals surface area contributed by atoms with Crippen LogP contribution in [-0.2, 0) is 4.74 Å².